The zero-order chi connectivity index (χ0) is 23.4. The van der Waals surface area contributed by atoms with Crippen molar-refractivity contribution in [1.29, 1.82) is 0 Å². The Hall–Kier alpha value is -3.17. The molecule has 0 saturated carbocycles. The number of rotatable bonds is 6. The molecule has 33 heavy (non-hydrogen) atoms. The van der Waals surface area contributed by atoms with Crippen LogP contribution >= 0.6 is 0 Å². The van der Waals surface area contributed by atoms with Crippen LogP contribution in [0.1, 0.15) is 30.9 Å². The van der Waals surface area contributed by atoms with E-state index in [2.05, 4.69) is 17.2 Å². The Morgan fingerprint density at radius 1 is 1.06 bits per heavy atom. The third-order valence-electron chi connectivity index (χ3n) is 5.99. The molecule has 2 N–H and O–H groups in total. The lowest BCUT2D eigenvalue weighted by Gasteiger charge is -2.35. The number of carbonyl (C=O) groups is 2. The van der Waals surface area contributed by atoms with Crippen LogP contribution in [-0.2, 0) is 24.3 Å². The van der Waals surface area contributed by atoms with E-state index in [0.717, 1.165) is 5.56 Å². The number of carbonyl (C=O) groups excluding carboxylic acids is 2. The SMILES string of the molecule is C=CC(=O)NC1CCN(S(=O)(=O)c2cccc(NC(=O)C3CCOCC3)c2)c2ccccc21. The average Bonchev–Trinajstić information content (AvgIpc) is 2.84. The Morgan fingerprint density at radius 3 is 2.58 bits per heavy atom. The quantitative estimate of drug-likeness (QED) is 0.633. The number of nitrogens with one attached hydrogen (secondary N) is 2. The summed E-state index contributed by atoms with van der Waals surface area (Å²) >= 11 is 0. The van der Waals surface area contributed by atoms with E-state index in [1.54, 1.807) is 24.3 Å². The van der Waals surface area contributed by atoms with Crippen molar-refractivity contribution in [2.45, 2.75) is 30.2 Å². The van der Waals surface area contributed by atoms with Crippen LogP contribution in [0.4, 0.5) is 11.4 Å². The van der Waals surface area contributed by atoms with Gasteiger partial charge < -0.3 is 15.4 Å². The highest BCUT2D eigenvalue weighted by molar-refractivity contribution is 7.92. The molecular formula is C24H27N3O5S. The summed E-state index contributed by atoms with van der Waals surface area (Å²) in [6, 6.07) is 13.1. The Bertz CT molecular complexity index is 1160. The second-order valence-electron chi connectivity index (χ2n) is 8.09. The van der Waals surface area contributed by atoms with Gasteiger partial charge in [-0.1, -0.05) is 30.8 Å². The molecule has 9 heteroatoms. The van der Waals surface area contributed by atoms with Crippen molar-refractivity contribution in [3.8, 4) is 0 Å². The molecule has 1 atom stereocenters. The van der Waals surface area contributed by atoms with Crippen LogP contribution in [0, 0.1) is 5.92 Å². The zero-order valence-electron chi connectivity index (χ0n) is 18.2. The first-order valence-corrected chi connectivity index (χ1v) is 12.4. The summed E-state index contributed by atoms with van der Waals surface area (Å²) in [5.41, 5.74) is 1.69. The van der Waals surface area contributed by atoms with Crippen LogP contribution in [-0.4, -0.2) is 40.0 Å². The van der Waals surface area contributed by atoms with E-state index in [4.69, 9.17) is 4.74 Å². The molecule has 0 spiro atoms. The highest BCUT2D eigenvalue weighted by atomic mass is 32.2. The molecule has 1 unspecified atom stereocenters. The van der Waals surface area contributed by atoms with Gasteiger partial charge in [0.05, 0.1) is 16.6 Å². The van der Waals surface area contributed by atoms with Gasteiger partial charge in [0.15, 0.2) is 0 Å². The van der Waals surface area contributed by atoms with E-state index in [9.17, 15) is 18.0 Å². The number of anilines is 2. The van der Waals surface area contributed by atoms with Gasteiger partial charge >= 0.3 is 0 Å². The molecule has 0 aromatic heterocycles. The lowest BCUT2D eigenvalue weighted by molar-refractivity contribution is -0.122. The molecule has 2 aliphatic rings. The Kier molecular flexibility index (Phi) is 6.80. The van der Waals surface area contributed by atoms with Crippen LogP contribution < -0.4 is 14.9 Å². The average molecular weight is 470 g/mol. The van der Waals surface area contributed by atoms with E-state index >= 15 is 0 Å². The Labute approximate surface area is 193 Å². The highest BCUT2D eigenvalue weighted by Crippen LogP contribution is 2.37. The lowest BCUT2D eigenvalue weighted by Crippen LogP contribution is -2.40. The molecule has 1 saturated heterocycles. The second kappa shape index (κ2) is 9.76. The summed E-state index contributed by atoms with van der Waals surface area (Å²) in [6.45, 7) is 4.79. The fourth-order valence-corrected chi connectivity index (χ4v) is 5.78. The smallest absolute Gasteiger partial charge is 0.264 e. The lowest BCUT2D eigenvalue weighted by atomic mass is 9.98. The molecule has 2 amide bonds. The van der Waals surface area contributed by atoms with Crippen molar-refractivity contribution in [2.24, 2.45) is 5.92 Å². The summed E-state index contributed by atoms with van der Waals surface area (Å²) in [6.07, 6.45) is 2.93. The summed E-state index contributed by atoms with van der Waals surface area (Å²) in [4.78, 5) is 24.5. The minimum absolute atomic E-state index is 0.0932. The summed E-state index contributed by atoms with van der Waals surface area (Å²) < 4.78 is 33.8. The molecule has 2 aromatic carbocycles. The van der Waals surface area contributed by atoms with Gasteiger partial charge in [-0.2, -0.15) is 0 Å². The number of fused-ring (bicyclic) bond motifs is 1. The Morgan fingerprint density at radius 2 is 1.82 bits per heavy atom. The first-order valence-electron chi connectivity index (χ1n) is 10.9. The molecule has 2 aromatic rings. The summed E-state index contributed by atoms with van der Waals surface area (Å²) in [5, 5.41) is 5.71. The molecule has 4 rings (SSSR count). The van der Waals surface area contributed by atoms with Gasteiger partial charge in [0, 0.05) is 31.4 Å². The predicted molar refractivity (Wildman–Crippen MR) is 125 cm³/mol. The number of benzene rings is 2. The molecule has 8 nitrogen and oxygen atoms in total. The number of para-hydroxylation sites is 1. The molecular weight excluding hydrogens is 442 g/mol. The molecule has 0 radical (unpaired) electrons. The molecule has 1 fully saturated rings. The van der Waals surface area contributed by atoms with Gasteiger partial charge in [0.25, 0.3) is 10.0 Å². The van der Waals surface area contributed by atoms with E-state index in [1.807, 2.05) is 12.1 Å². The number of sulfonamides is 1. The van der Waals surface area contributed by atoms with E-state index < -0.39 is 10.0 Å². The number of hydrogen-bond donors (Lipinski definition) is 2. The number of hydrogen-bond acceptors (Lipinski definition) is 5. The maximum Gasteiger partial charge on any atom is 0.264 e. The molecule has 2 aliphatic heterocycles. The van der Waals surface area contributed by atoms with Gasteiger partial charge in [0.1, 0.15) is 0 Å². The maximum absolute atomic E-state index is 13.6. The third-order valence-corrected chi connectivity index (χ3v) is 7.79. The first kappa shape index (κ1) is 23.0. The van der Waals surface area contributed by atoms with Crippen LogP contribution in [0.3, 0.4) is 0 Å². The van der Waals surface area contributed by atoms with E-state index in [1.165, 1.54) is 22.5 Å². The van der Waals surface area contributed by atoms with Crippen molar-refractivity contribution in [3.63, 3.8) is 0 Å². The molecule has 0 bridgehead atoms. The van der Waals surface area contributed by atoms with E-state index in [-0.39, 0.29) is 35.2 Å². The second-order valence-corrected chi connectivity index (χ2v) is 9.96. The van der Waals surface area contributed by atoms with Crippen molar-refractivity contribution < 1.29 is 22.7 Å². The van der Waals surface area contributed by atoms with Crippen molar-refractivity contribution >= 4 is 33.2 Å². The van der Waals surface area contributed by atoms with Crippen molar-refractivity contribution in [3.05, 3.63) is 66.7 Å². The molecule has 2 heterocycles. The minimum atomic E-state index is -3.89. The van der Waals surface area contributed by atoms with Crippen molar-refractivity contribution in [2.75, 3.05) is 29.4 Å². The summed E-state index contributed by atoms with van der Waals surface area (Å²) in [5.74, 6) is -0.577. The zero-order valence-corrected chi connectivity index (χ0v) is 19.0. The number of amides is 2. The number of ether oxygens (including phenoxy) is 1. The van der Waals surface area contributed by atoms with Crippen LogP contribution in [0.2, 0.25) is 0 Å². The standard InChI is InChI=1S/C24H27N3O5S/c1-2-23(28)26-21-10-13-27(22-9-4-3-8-20(21)22)33(30,31)19-7-5-6-18(16-19)25-24(29)17-11-14-32-15-12-17/h2-9,16-17,21H,1,10-15H2,(H,25,29)(H,26,28). The minimum Gasteiger partial charge on any atom is -0.381 e. The topological polar surface area (TPSA) is 105 Å². The fraction of sp³-hybridized carbons (Fsp3) is 0.333. The van der Waals surface area contributed by atoms with Crippen LogP contribution in [0.5, 0.6) is 0 Å². The fourth-order valence-electron chi connectivity index (χ4n) is 4.23. The van der Waals surface area contributed by atoms with Gasteiger partial charge in [-0.15, -0.1) is 0 Å². The van der Waals surface area contributed by atoms with Crippen molar-refractivity contribution in [1.82, 2.24) is 5.32 Å². The number of nitrogens with zero attached hydrogens (tertiary/aromatic N) is 1. The van der Waals surface area contributed by atoms with E-state index in [0.29, 0.717) is 43.9 Å². The first-order chi connectivity index (χ1) is 15.9. The summed E-state index contributed by atoms with van der Waals surface area (Å²) in [7, 11) is -3.89. The van der Waals surface area contributed by atoms with Crippen LogP contribution in [0.15, 0.2) is 66.1 Å². The molecule has 174 valence electrons. The maximum atomic E-state index is 13.6. The molecule has 0 aliphatic carbocycles. The van der Waals surface area contributed by atoms with Crippen LogP contribution in [0.25, 0.3) is 0 Å². The third kappa shape index (κ3) is 4.94. The predicted octanol–water partition coefficient (Wildman–Crippen LogP) is 2.99. The highest BCUT2D eigenvalue weighted by Gasteiger charge is 2.33. The Balaban J connectivity index is 1.58. The van der Waals surface area contributed by atoms with Gasteiger partial charge in [-0.05, 0) is 55.2 Å². The largest absolute Gasteiger partial charge is 0.381 e. The van der Waals surface area contributed by atoms with Gasteiger partial charge in [-0.25, -0.2) is 8.42 Å². The normalized spacial score (nSPS) is 18.8. The van der Waals surface area contributed by atoms with Gasteiger partial charge in [-0.3, -0.25) is 13.9 Å². The monoisotopic (exact) mass is 469 g/mol. The van der Waals surface area contributed by atoms with Gasteiger partial charge in [0.2, 0.25) is 11.8 Å².